The summed E-state index contributed by atoms with van der Waals surface area (Å²) in [4.78, 5) is 0. The monoisotopic (exact) mass is 249 g/mol. The number of aryl methyl sites for hydroxylation is 1. The molecule has 0 saturated carbocycles. The third-order valence-electron chi connectivity index (χ3n) is 1.43. The van der Waals surface area contributed by atoms with E-state index in [2.05, 4.69) is 40.8 Å². The molecule has 10 heavy (non-hydrogen) atoms. The van der Waals surface area contributed by atoms with Crippen molar-refractivity contribution in [2.45, 2.75) is 19.8 Å². The second kappa shape index (κ2) is 3.37. The molecule has 0 aliphatic carbocycles. The molecule has 0 saturated heterocycles. The van der Waals surface area contributed by atoms with Crippen molar-refractivity contribution in [1.82, 2.24) is 9.78 Å². The van der Waals surface area contributed by atoms with E-state index < -0.39 is 0 Å². The molecule has 0 aliphatic heterocycles. The molecule has 0 unspecified atom stereocenters. The fraction of sp³-hybridized carbons (Fsp3) is 0.571. The SMILES string of the molecule is CCCc1c(I)[c]nn1C. The molecule has 0 aliphatic rings. The normalized spacial score (nSPS) is 10.3. The molecule has 0 amide bonds. The van der Waals surface area contributed by atoms with E-state index in [4.69, 9.17) is 0 Å². The summed E-state index contributed by atoms with van der Waals surface area (Å²) >= 11 is 2.27. The van der Waals surface area contributed by atoms with Gasteiger partial charge < -0.3 is 0 Å². The Labute approximate surface area is 74.8 Å². The summed E-state index contributed by atoms with van der Waals surface area (Å²) in [5, 5.41) is 4.02. The Balaban J connectivity index is 2.87. The van der Waals surface area contributed by atoms with Gasteiger partial charge in [-0.15, -0.1) is 0 Å². The first-order valence-electron chi connectivity index (χ1n) is 3.34. The van der Waals surface area contributed by atoms with Crippen LogP contribution < -0.4 is 0 Å². The summed E-state index contributed by atoms with van der Waals surface area (Å²) in [6.45, 7) is 2.17. The highest BCUT2D eigenvalue weighted by atomic mass is 127. The summed E-state index contributed by atoms with van der Waals surface area (Å²) in [7, 11) is 1.96. The minimum absolute atomic E-state index is 1.10. The fourth-order valence-corrected chi connectivity index (χ4v) is 1.62. The summed E-state index contributed by atoms with van der Waals surface area (Å²) < 4.78 is 3.05. The highest BCUT2D eigenvalue weighted by molar-refractivity contribution is 14.1. The molecule has 2 nitrogen and oxygen atoms in total. The fourth-order valence-electron chi connectivity index (χ4n) is 0.894. The van der Waals surface area contributed by atoms with Gasteiger partial charge in [-0.25, -0.2) is 0 Å². The summed E-state index contributed by atoms with van der Waals surface area (Å²) in [5.74, 6) is 0. The van der Waals surface area contributed by atoms with Crippen LogP contribution in [0.15, 0.2) is 0 Å². The van der Waals surface area contributed by atoms with E-state index in [0.717, 1.165) is 9.99 Å². The van der Waals surface area contributed by atoms with E-state index in [9.17, 15) is 0 Å². The van der Waals surface area contributed by atoms with Crippen LogP contribution in [0.2, 0.25) is 0 Å². The maximum Gasteiger partial charge on any atom is 0.127 e. The van der Waals surface area contributed by atoms with E-state index in [1.54, 1.807) is 0 Å². The van der Waals surface area contributed by atoms with Gasteiger partial charge in [0.15, 0.2) is 0 Å². The van der Waals surface area contributed by atoms with Crippen LogP contribution in [0.1, 0.15) is 19.0 Å². The number of rotatable bonds is 2. The van der Waals surface area contributed by atoms with E-state index in [1.807, 2.05) is 11.7 Å². The average molecular weight is 249 g/mol. The summed E-state index contributed by atoms with van der Waals surface area (Å²) in [6, 6.07) is 0. The van der Waals surface area contributed by atoms with Gasteiger partial charge >= 0.3 is 0 Å². The Bertz CT molecular complexity index is 198. The van der Waals surface area contributed by atoms with Crippen molar-refractivity contribution < 1.29 is 0 Å². The molecule has 0 bridgehead atoms. The lowest BCUT2D eigenvalue weighted by molar-refractivity contribution is 0.695. The Morgan fingerprint density at radius 1 is 1.70 bits per heavy atom. The standard InChI is InChI=1S/C7H10IN2/c1-3-4-7-6(8)5-9-10(7)2/h3-4H2,1-2H3. The van der Waals surface area contributed by atoms with Crippen molar-refractivity contribution in [2.24, 2.45) is 7.05 Å². The maximum absolute atomic E-state index is 4.02. The smallest absolute Gasteiger partial charge is 0.127 e. The van der Waals surface area contributed by atoms with Gasteiger partial charge in [0.1, 0.15) is 6.20 Å². The molecular formula is C7H10IN2. The molecule has 1 radical (unpaired) electrons. The lowest BCUT2D eigenvalue weighted by Gasteiger charge is -1.98. The molecule has 0 aromatic carbocycles. The van der Waals surface area contributed by atoms with E-state index >= 15 is 0 Å². The minimum Gasteiger partial charge on any atom is -0.271 e. The molecule has 0 fully saturated rings. The molecule has 3 heteroatoms. The molecule has 1 aromatic rings. The zero-order chi connectivity index (χ0) is 7.56. The van der Waals surface area contributed by atoms with Gasteiger partial charge in [0, 0.05) is 7.05 Å². The van der Waals surface area contributed by atoms with E-state index in [-0.39, 0.29) is 0 Å². The summed E-state index contributed by atoms with van der Waals surface area (Å²) in [6.07, 6.45) is 5.19. The number of hydrogen-bond donors (Lipinski definition) is 0. The minimum atomic E-state index is 1.10. The third-order valence-corrected chi connectivity index (χ3v) is 2.29. The van der Waals surface area contributed by atoms with Crippen LogP contribution >= 0.6 is 22.6 Å². The molecule has 1 rings (SSSR count). The Morgan fingerprint density at radius 2 is 2.40 bits per heavy atom. The number of halogens is 1. The van der Waals surface area contributed by atoms with Crippen LogP contribution in [0.25, 0.3) is 0 Å². The first-order chi connectivity index (χ1) is 4.75. The van der Waals surface area contributed by atoms with Gasteiger partial charge in [-0.1, -0.05) is 13.3 Å². The van der Waals surface area contributed by atoms with Gasteiger partial charge in [0.25, 0.3) is 0 Å². The van der Waals surface area contributed by atoms with Crippen molar-refractivity contribution in [1.29, 1.82) is 0 Å². The van der Waals surface area contributed by atoms with Crippen LogP contribution in [0, 0.1) is 9.77 Å². The topological polar surface area (TPSA) is 17.8 Å². The molecule has 0 atom stereocenters. The largest absolute Gasteiger partial charge is 0.271 e. The van der Waals surface area contributed by atoms with Gasteiger partial charge in [-0.2, -0.15) is 5.10 Å². The van der Waals surface area contributed by atoms with Crippen molar-refractivity contribution >= 4 is 22.6 Å². The number of nitrogens with zero attached hydrogens (tertiary/aromatic N) is 2. The second-order valence-corrected chi connectivity index (χ2v) is 3.32. The lowest BCUT2D eigenvalue weighted by atomic mass is 10.2. The number of hydrogen-bond acceptors (Lipinski definition) is 1. The van der Waals surface area contributed by atoms with Crippen LogP contribution in [-0.2, 0) is 13.5 Å². The molecular weight excluding hydrogens is 239 g/mol. The van der Waals surface area contributed by atoms with Crippen molar-refractivity contribution in [2.75, 3.05) is 0 Å². The maximum atomic E-state index is 4.02. The lowest BCUT2D eigenvalue weighted by Crippen LogP contribution is -1.98. The first-order valence-corrected chi connectivity index (χ1v) is 4.42. The quantitative estimate of drug-likeness (QED) is 0.730. The Kier molecular flexibility index (Phi) is 2.71. The van der Waals surface area contributed by atoms with Crippen LogP contribution in [0.3, 0.4) is 0 Å². The van der Waals surface area contributed by atoms with Crippen molar-refractivity contribution in [3.63, 3.8) is 0 Å². The third kappa shape index (κ3) is 1.51. The Hall–Kier alpha value is -0.0600. The van der Waals surface area contributed by atoms with E-state index in [0.29, 0.717) is 0 Å². The highest BCUT2D eigenvalue weighted by Crippen LogP contribution is 2.10. The first kappa shape index (κ1) is 8.04. The van der Waals surface area contributed by atoms with Crippen LogP contribution in [0.5, 0.6) is 0 Å². The van der Waals surface area contributed by atoms with E-state index in [1.165, 1.54) is 12.1 Å². The predicted molar refractivity (Wildman–Crippen MR) is 48.8 cm³/mol. The van der Waals surface area contributed by atoms with Gasteiger partial charge in [-0.05, 0) is 29.0 Å². The van der Waals surface area contributed by atoms with Gasteiger partial charge in [0.05, 0.1) is 9.26 Å². The average Bonchev–Trinajstić information content (AvgIpc) is 2.20. The highest BCUT2D eigenvalue weighted by Gasteiger charge is 2.03. The molecule has 1 heterocycles. The zero-order valence-electron chi connectivity index (χ0n) is 6.19. The van der Waals surface area contributed by atoms with Gasteiger partial charge in [-0.3, -0.25) is 4.68 Å². The van der Waals surface area contributed by atoms with Crippen molar-refractivity contribution in [3.8, 4) is 0 Å². The van der Waals surface area contributed by atoms with Crippen LogP contribution in [0.4, 0.5) is 0 Å². The predicted octanol–water partition coefficient (Wildman–Crippen LogP) is 1.78. The molecule has 1 aromatic heterocycles. The summed E-state index contributed by atoms with van der Waals surface area (Å²) in [5.41, 5.74) is 1.29. The van der Waals surface area contributed by atoms with Gasteiger partial charge in [0.2, 0.25) is 0 Å². The zero-order valence-corrected chi connectivity index (χ0v) is 8.34. The number of aromatic nitrogens is 2. The second-order valence-electron chi connectivity index (χ2n) is 2.25. The molecule has 0 spiro atoms. The molecule has 0 N–H and O–H groups in total. The molecule has 55 valence electrons. The van der Waals surface area contributed by atoms with Crippen molar-refractivity contribution in [3.05, 3.63) is 15.5 Å². The Morgan fingerprint density at radius 3 is 2.80 bits per heavy atom. The van der Waals surface area contributed by atoms with Crippen LogP contribution in [-0.4, -0.2) is 9.78 Å².